The lowest BCUT2D eigenvalue weighted by Crippen LogP contribution is -2.12. The van der Waals surface area contributed by atoms with Crippen LogP contribution in [-0.2, 0) is 11.3 Å². The Kier molecular flexibility index (Phi) is 2.82. The van der Waals surface area contributed by atoms with Gasteiger partial charge in [0.2, 0.25) is 6.41 Å². The first kappa shape index (κ1) is 9.25. The van der Waals surface area contributed by atoms with Crippen LogP contribution in [0.25, 0.3) is 0 Å². The fourth-order valence-corrected chi connectivity index (χ4v) is 1.86. The summed E-state index contributed by atoms with van der Waals surface area (Å²) < 4.78 is 0. The summed E-state index contributed by atoms with van der Waals surface area (Å²) in [7, 11) is 0. The minimum absolute atomic E-state index is 0.643. The molecule has 0 atom stereocenters. The van der Waals surface area contributed by atoms with Gasteiger partial charge in [-0.05, 0) is 29.9 Å². The van der Waals surface area contributed by atoms with E-state index in [1.165, 1.54) is 30.4 Å². The van der Waals surface area contributed by atoms with Gasteiger partial charge in [-0.1, -0.05) is 30.7 Å². The van der Waals surface area contributed by atoms with E-state index in [1.54, 1.807) is 0 Å². The molecule has 0 radical (unpaired) electrons. The average Bonchev–Trinajstić information content (AvgIpc) is 2.13. The van der Waals surface area contributed by atoms with Gasteiger partial charge in [0.15, 0.2) is 0 Å². The topological polar surface area (TPSA) is 29.1 Å². The van der Waals surface area contributed by atoms with Crippen LogP contribution in [0.4, 0.5) is 0 Å². The van der Waals surface area contributed by atoms with Crippen molar-refractivity contribution in [3.8, 4) is 0 Å². The van der Waals surface area contributed by atoms with Crippen molar-refractivity contribution < 1.29 is 4.79 Å². The second-order valence-corrected chi connectivity index (χ2v) is 3.87. The molecule has 0 saturated heterocycles. The average molecular weight is 189 g/mol. The van der Waals surface area contributed by atoms with Crippen molar-refractivity contribution in [1.29, 1.82) is 0 Å². The summed E-state index contributed by atoms with van der Waals surface area (Å²) in [6.45, 7) is 0.643. The summed E-state index contributed by atoms with van der Waals surface area (Å²) >= 11 is 0. The third-order valence-corrected chi connectivity index (χ3v) is 2.92. The van der Waals surface area contributed by atoms with Crippen LogP contribution in [0.2, 0.25) is 0 Å². The molecule has 2 rings (SSSR count). The molecule has 0 aliphatic heterocycles. The highest BCUT2D eigenvalue weighted by molar-refractivity contribution is 5.46. The van der Waals surface area contributed by atoms with Crippen LogP contribution in [-0.4, -0.2) is 6.41 Å². The molecule has 14 heavy (non-hydrogen) atoms. The monoisotopic (exact) mass is 189 g/mol. The molecule has 1 aliphatic rings. The highest BCUT2D eigenvalue weighted by Gasteiger charge is 2.19. The first-order valence-corrected chi connectivity index (χ1v) is 5.16. The van der Waals surface area contributed by atoms with Gasteiger partial charge in [-0.2, -0.15) is 0 Å². The molecule has 2 nitrogen and oxygen atoms in total. The molecule has 0 spiro atoms. The molecule has 0 aromatic heterocycles. The Morgan fingerprint density at radius 3 is 2.93 bits per heavy atom. The van der Waals surface area contributed by atoms with Crippen molar-refractivity contribution in [2.45, 2.75) is 31.7 Å². The Balaban J connectivity index is 2.05. The maximum atomic E-state index is 10.2. The van der Waals surface area contributed by atoms with Gasteiger partial charge in [0.1, 0.15) is 0 Å². The summed E-state index contributed by atoms with van der Waals surface area (Å²) in [5.41, 5.74) is 2.63. The number of hydrogen-bond donors (Lipinski definition) is 1. The quantitative estimate of drug-likeness (QED) is 0.723. The molecule has 2 heteroatoms. The van der Waals surface area contributed by atoms with Crippen molar-refractivity contribution >= 4 is 6.41 Å². The van der Waals surface area contributed by atoms with Crippen LogP contribution in [0.5, 0.6) is 0 Å². The van der Waals surface area contributed by atoms with Crippen LogP contribution in [0.15, 0.2) is 24.3 Å². The largest absolute Gasteiger partial charge is 0.355 e. The van der Waals surface area contributed by atoms with Crippen LogP contribution >= 0.6 is 0 Å². The van der Waals surface area contributed by atoms with Gasteiger partial charge >= 0.3 is 0 Å². The fraction of sp³-hybridized carbons (Fsp3) is 0.417. The number of rotatable bonds is 4. The van der Waals surface area contributed by atoms with E-state index < -0.39 is 0 Å². The van der Waals surface area contributed by atoms with Crippen molar-refractivity contribution in [3.05, 3.63) is 35.4 Å². The van der Waals surface area contributed by atoms with E-state index in [2.05, 4.69) is 29.6 Å². The maximum Gasteiger partial charge on any atom is 0.207 e. The second kappa shape index (κ2) is 4.27. The van der Waals surface area contributed by atoms with E-state index in [9.17, 15) is 4.79 Å². The van der Waals surface area contributed by atoms with Gasteiger partial charge < -0.3 is 5.32 Å². The van der Waals surface area contributed by atoms with E-state index >= 15 is 0 Å². The molecule has 0 heterocycles. The van der Waals surface area contributed by atoms with Crippen LogP contribution in [0.3, 0.4) is 0 Å². The number of carbonyl (C=O) groups excluding carboxylic acids is 1. The number of benzene rings is 1. The lowest BCUT2D eigenvalue weighted by atomic mass is 9.80. The van der Waals surface area contributed by atoms with E-state index in [1.807, 2.05) is 0 Å². The summed E-state index contributed by atoms with van der Waals surface area (Å²) in [6, 6.07) is 8.53. The molecule has 74 valence electrons. The molecule has 1 saturated carbocycles. The van der Waals surface area contributed by atoms with Gasteiger partial charge in [0.05, 0.1) is 0 Å². The Labute approximate surface area is 84.3 Å². The molecule has 1 fully saturated rings. The zero-order chi connectivity index (χ0) is 9.80. The first-order valence-electron chi connectivity index (χ1n) is 5.16. The summed E-state index contributed by atoms with van der Waals surface area (Å²) in [4.78, 5) is 10.2. The molecule has 0 bridgehead atoms. The number of hydrogen-bond acceptors (Lipinski definition) is 1. The van der Waals surface area contributed by atoms with Crippen LogP contribution in [0, 0.1) is 0 Å². The molecule has 1 aromatic carbocycles. The molecule has 1 aliphatic carbocycles. The summed E-state index contributed by atoms with van der Waals surface area (Å²) in [5.74, 6) is 0.770. The Morgan fingerprint density at radius 1 is 1.43 bits per heavy atom. The Hall–Kier alpha value is -1.31. The lowest BCUT2D eigenvalue weighted by Gasteiger charge is -2.26. The van der Waals surface area contributed by atoms with Gasteiger partial charge in [0, 0.05) is 6.54 Å². The number of carbonyl (C=O) groups is 1. The predicted molar refractivity (Wildman–Crippen MR) is 55.9 cm³/mol. The van der Waals surface area contributed by atoms with Gasteiger partial charge in [-0.15, -0.1) is 0 Å². The van der Waals surface area contributed by atoms with Gasteiger partial charge in [-0.25, -0.2) is 0 Å². The van der Waals surface area contributed by atoms with Crippen molar-refractivity contribution in [2.24, 2.45) is 0 Å². The fourth-order valence-electron chi connectivity index (χ4n) is 1.86. The third-order valence-electron chi connectivity index (χ3n) is 2.92. The third kappa shape index (κ3) is 1.95. The smallest absolute Gasteiger partial charge is 0.207 e. The highest BCUT2D eigenvalue weighted by Crippen LogP contribution is 2.36. The summed E-state index contributed by atoms with van der Waals surface area (Å²) in [5, 5.41) is 2.69. The zero-order valence-corrected chi connectivity index (χ0v) is 8.20. The minimum Gasteiger partial charge on any atom is -0.355 e. The Bertz CT molecular complexity index is 318. The van der Waals surface area contributed by atoms with Crippen LogP contribution in [0.1, 0.15) is 36.3 Å². The van der Waals surface area contributed by atoms with Gasteiger partial charge in [-0.3, -0.25) is 4.79 Å². The second-order valence-electron chi connectivity index (χ2n) is 3.87. The standard InChI is InChI=1S/C12H15NO/c14-9-13-8-10-3-1-6-12(7-10)11-4-2-5-11/h1,3,6-7,9,11H,2,4-5,8H2,(H,13,14). The van der Waals surface area contributed by atoms with E-state index in [0.29, 0.717) is 6.54 Å². The molecule has 1 aromatic rings. The molecular weight excluding hydrogens is 174 g/mol. The van der Waals surface area contributed by atoms with Gasteiger partial charge in [0.25, 0.3) is 0 Å². The highest BCUT2D eigenvalue weighted by atomic mass is 16.1. The van der Waals surface area contributed by atoms with E-state index in [-0.39, 0.29) is 0 Å². The SMILES string of the molecule is O=CNCc1cccc(C2CCC2)c1. The van der Waals surface area contributed by atoms with E-state index in [0.717, 1.165) is 12.3 Å². The number of amides is 1. The summed E-state index contributed by atoms with van der Waals surface area (Å²) in [6.07, 6.45) is 4.76. The minimum atomic E-state index is 0.643. The first-order chi connectivity index (χ1) is 6.90. The van der Waals surface area contributed by atoms with Crippen molar-refractivity contribution in [3.63, 3.8) is 0 Å². The molecular formula is C12H15NO. The van der Waals surface area contributed by atoms with Crippen LogP contribution < -0.4 is 5.32 Å². The van der Waals surface area contributed by atoms with Crippen molar-refractivity contribution in [2.75, 3.05) is 0 Å². The maximum absolute atomic E-state index is 10.2. The molecule has 1 amide bonds. The normalized spacial score (nSPS) is 16.0. The lowest BCUT2D eigenvalue weighted by molar-refractivity contribution is -0.109. The Morgan fingerprint density at radius 2 is 2.29 bits per heavy atom. The molecule has 1 N–H and O–H groups in total. The number of nitrogens with one attached hydrogen (secondary N) is 1. The molecule has 0 unspecified atom stereocenters. The van der Waals surface area contributed by atoms with Crippen molar-refractivity contribution in [1.82, 2.24) is 5.32 Å². The zero-order valence-electron chi connectivity index (χ0n) is 8.20. The predicted octanol–water partition coefficient (Wildman–Crippen LogP) is 2.20. The van der Waals surface area contributed by atoms with E-state index in [4.69, 9.17) is 0 Å².